The molecule has 11 heteroatoms. The summed E-state index contributed by atoms with van der Waals surface area (Å²) in [5.41, 5.74) is 7.11. The van der Waals surface area contributed by atoms with Gasteiger partial charge in [0.25, 0.3) is 0 Å². The molecule has 2 heterocycles. The number of anilines is 2. The minimum absolute atomic E-state index is 0.0738. The van der Waals surface area contributed by atoms with Gasteiger partial charge in [0.15, 0.2) is 10.9 Å². The third kappa shape index (κ3) is 5.30. The molecule has 0 aliphatic rings. The number of benzene rings is 1. The van der Waals surface area contributed by atoms with E-state index in [4.69, 9.17) is 14.9 Å². The van der Waals surface area contributed by atoms with E-state index < -0.39 is 17.9 Å². The lowest BCUT2D eigenvalue weighted by atomic mass is 10.1. The minimum Gasteiger partial charge on any atom is -0.462 e. The summed E-state index contributed by atoms with van der Waals surface area (Å²) in [6, 6.07) is 9.02. The number of nitrogen functional groups attached to an aromatic ring is 1. The molecule has 1 unspecified atom stereocenters. The quantitative estimate of drug-likeness (QED) is 0.247. The Morgan fingerprint density at radius 3 is 2.50 bits per heavy atom. The van der Waals surface area contributed by atoms with E-state index in [2.05, 4.69) is 15.5 Å². The molecule has 0 radical (unpaired) electrons. The van der Waals surface area contributed by atoms with Crippen molar-refractivity contribution in [2.75, 3.05) is 17.7 Å². The maximum Gasteiger partial charge on any atom is 0.344 e. The van der Waals surface area contributed by atoms with E-state index in [1.807, 2.05) is 37.3 Å². The van der Waals surface area contributed by atoms with Crippen LogP contribution in [0.5, 0.6) is 0 Å². The predicted octanol–water partition coefficient (Wildman–Crippen LogP) is 4.02. The Kier molecular flexibility index (Phi) is 8.11. The van der Waals surface area contributed by atoms with Gasteiger partial charge in [0.2, 0.25) is 17.7 Å². The Morgan fingerprint density at radius 2 is 1.88 bits per heavy atom. The number of aryl methyl sites for hydroxylation is 1. The number of ketones is 1. The number of carbonyl (C=O) groups excluding carboxylic acids is 3. The Bertz CT molecular complexity index is 1190. The lowest BCUT2D eigenvalue weighted by Gasteiger charge is -2.18. The van der Waals surface area contributed by atoms with Gasteiger partial charge >= 0.3 is 5.97 Å². The molecule has 0 aliphatic carbocycles. The molecular formula is C23H27N5O5S. The van der Waals surface area contributed by atoms with Gasteiger partial charge in [0, 0.05) is 5.75 Å². The lowest BCUT2D eigenvalue weighted by Crippen LogP contribution is -2.27. The van der Waals surface area contributed by atoms with Crippen molar-refractivity contribution in [1.82, 2.24) is 14.8 Å². The van der Waals surface area contributed by atoms with Gasteiger partial charge in [-0.25, -0.2) is 4.79 Å². The molecule has 34 heavy (non-hydrogen) atoms. The van der Waals surface area contributed by atoms with E-state index >= 15 is 0 Å². The van der Waals surface area contributed by atoms with Crippen LogP contribution in [0.2, 0.25) is 0 Å². The monoisotopic (exact) mass is 485 g/mol. The molecule has 1 amide bonds. The standard InChI is InChI=1S/C23H27N5O5S/c1-5-16(28-22(24)26-27-23(28)34-12-15-10-8-7-9-11-15)19(30)25-20-18(21(31)32-6-2)17(13(3)29)14(4)33-20/h7-11,16H,5-6,12H2,1-4H3,(H2,24,26)(H,25,30). The average Bonchev–Trinajstić information content (AvgIpc) is 3.33. The SMILES string of the molecule is CCOC(=O)c1c(NC(=O)C(CC)n2c(N)nnc2SCc2ccccc2)oc(C)c1C(C)=O. The summed E-state index contributed by atoms with van der Waals surface area (Å²) in [6.45, 7) is 6.42. The Hall–Kier alpha value is -3.60. The zero-order valence-corrected chi connectivity index (χ0v) is 20.3. The third-order valence-corrected chi connectivity index (χ3v) is 6.07. The van der Waals surface area contributed by atoms with Crippen molar-refractivity contribution in [3.8, 4) is 0 Å². The number of aromatic nitrogens is 3. The second kappa shape index (κ2) is 11.0. The molecule has 0 fully saturated rings. The van der Waals surface area contributed by atoms with Gasteiger partial charge in [0.1, 0.15) is 17.4 Å². The van der Waals surface area contributed by atoms with Crippen molar-refractivity contribution in [3.05, 3.63) is 52.8 Å². The number of Topliss-reactive ketones (excluding diaryl/α,β-unsaturated/α-hetero) is 1. The van der Waals surface area contributed by atoms with E-state index in [9.17, 15) is 14.4 Å². The molecule has 180 valence electrons. The number of hydrogen-bond donors (Lipinski definition) is 2. The first kappa shape index (κ1) is 25.0. The van der Waals surface area contributed by atoms with Gasteiger partial charge in [-0.3, -0.25) is 19.5 Å². The summed E-state index contributed by atoms with van der Waals surface area (Å²) in [4.78, 5) is 38.0. The summed E-state index contributed by atoms with van der Waals surface area (Å²) >= 11 is 1.40. The Labute approximate surface area is 201 Å². The van der Waals surface area contributed by atoms with Crippen molar-refractivity contribution in [3.63, 3.8) is 0 Å². The van der Waals surface area contributed by atoms with Crippen LogP contribution in [0.4, 0.5) is 11.8 Å². The van der Waals surface area contributed by atoms with E-state index in [-0.39, 0.29) is 41.1 Å². The number of carbonyl (C=O) groups is 3. The van der Waals surface area contributed by atoms with E-state index in [0.717, 1.165) is 5.56 Å². The molecule has 10 nitrogen and oxygen atoms in total. The number of nitrogens with one attached hydrogen (secondary N) is 1. The van der Waals surface area contributed by atoms with Crippen LogP contribution in [-0.4, -0.2) is 39.0 Å². The van der Waals surface area contributed by atoms with Crippen molar-refractivity contribution >= 4 is 41.3 Å². The number of nitrogens with two attached hydrogens (primary N) is 1. The van der Waals surface area contributed by atoms with Gasteiger partial charge in [0.05, 0.1) is 12.2 Å². The topological polar surface area (TPSA) is 142 Å². The molecule has 3 aromatic rings. The second-order valence-corrected chi connectivity index (χ2v) is 8.35. The molecule has 0 saturated carbocycles. The fraction of sp³-hybridized carbons (Fsp3) is 0.348. The second-order valence-electron chi connectivity index (χ2n) is 7.41. The van der Waals surface area contributed by atoms with Gasteiger partial charge in [-0.1, -0.05) is 49.0 Å². The Morgan fingerprint density at radius 1 is 1.18 bits per heavy atom. The highest BCUT2D eigenvalue weighted by Gasteiger charge is 2.31. The fourth-order valence-corrected chi connectivity index (χ4v) is 4.48. The maximum absolute atomic E-state index is 13.3. The molecule has 1 aromatic carbocycles. The van der Waals surface area contributed by atoms with Crippen LogP contribution < -0.4 is 11.1 Å². The van der Waals surface area contributed by atoms with Gasteiger partial charge < -0.3 is 14.9 Å². The minimum atomic E-state index is -0.783. The smallest absolute Gasteiger partial charge is 0.344 e. The fourth-order valence-electron chi connectivity index (χ4n) is 3.54. The van der Waals surface area contributed by atoms with Crippen LogP contribution in [0.25, 0.3) is 0 Å². The maximum atomic E-state index is 13.3. The average molecular weight is 486 g/mol. The van der Waals surface area contributed by atoms with Crippen LogP contribution in [0.3, 0.4) is 0 Å². The predicted molar refractivity (Wildman–Crippen MR) is 128 cm³/mol. The van der Waals surface area contributed by atoms with Crippen molar-refractivity contribution in [1.29, 1.82) is 0 Å². The van der Waals surface area contributed by atoms with Gasteiger partial charge in [-0.15, -0.1) is 10.2 Å². The number of ether oxygens (including phenoxy) is 1. The summed E-state index contributed by atoms with van der Waals surface area (Å²) in [5, 5.41) is 11.2. The first-order valence-corrected chi connectivity index (χ1v) is 11.8. The first-order chi connectivity index (χ1) is 16.3. The molecule has 3 rings (SSSR count). The van der Waals surface area contributed by atoms with Crippen LogP contribution in [0.15, 0.2) is 39.9 Å². The number of thioether (sulfide) groups is 1. The number of hydrogen-bond acceptors (Lipinski definition) is 9. The molecule has 2 aromatic heterocycles. The number of amides is 1. The number of furan rings is 1. The lowest BCUT2D eigenvalue weighted by molar-refractivity contribution is -0.119. The van der Waals surface area contributed by atoms with Crippen LogP contribution in [-0.2, 0) is 15.3 Å². The highest BCUT2D eigenvalue weighted by molar-refractivity contribution is 7.98. The summed E-state index contributed by atoms with van der Waals surface area (Å²) in [5.74, 6) is -0.858. The van der Waals surface area contributed by atoms with Crippen LogP contribution in [0.1, 0.15) is 65.3 Å². The van der Waals surface area contributed by atoms with Gasteiger partial charge in [-0.2, -0.15) is 0 Å². The summed E-state index contributed by atoms with van der Waals surface area (Å²) in [6.07, 6.45) is 0.362. The molecule has 0 bridgehead atoms. The first-order valence-electron chi connectivity index (χ1n) is 10.8. The van der Waals surface area contributed by atoms with Crippen molar-refractivity contribution < 1.29 is 23.5 Å². The number of rotatable bonds is 10. The summed E-state index contributed by atoms with van der Waals surface area (Å²) < 4.78 is 12.2. The molecule has 0 spiro atoms. The van der Waals surface area contributed by atoms with E-state index in [0.29, 0.717) is 17.3 Å². The van der Waals surface area contributed by atoms with Crippen molar-refractivity contribution in [2.24, 2.45) is 0 Å². The van der Waals surface area contributed by atoms with Crippen LogP contribution in [0, 0.1) is 6.92 Å². The van der Waals surface area contributed by atoms with E-state index in [1.54, 1.807) is 18.4 Å². The zero-order chi connectivity index (χ0) is 24.8. The van der Waals surface area contributed by atoms with Crippen LogP contribution >= 0.6 is 11.8 Å². The molecular weight excluding hydrogens is 458 g/mol. The largest absolute Gasteiger partial charge is 0.462 e. The third-order valence-electron chi connectivity index (χ3n) is 5.06. The summed E-state index contributed by atoms with van der Waals surface area (Å²) in [7, 11) is 0. The molecule has 1 atom stereocenters. The zero-order valence-electron chi connectivity index (χ0n) is 19.5. The molecule has 3 N–H and O–H groups in total. The number of esters is 1. The highest BCUT2D eigenvalue weighted by Crippen LogP contribution is 2.31. The molecule has 0 aliphatic heterocycles. The van der Waals surface area contributed by atoms with E-state index in [1.165, 1.54) is 18.7 Å². The Balaban J connectivity index is 1.89. The molecule has 0 saturated heterocycles. The highest BCUT2D eigenvalue weighted by atomic mass is 32.2. The van der Waals surface area contributed by atoms with Crippen molar-refractivity contribution in [2.45, 2.75) is 51.1 Å². The number of nitrogens with zero attached hydrogens (tertiary/aromatic N) is 3. The normalized spacial score (nSPS) is 11.8. The van der Waals surface area contributed by atoms with Gasteiger partial charge in [-0.05, 0) is 32.8 Å².